The maximum atomic E-state index is 11.9. The molecule has 1 rings (SSSR count). The fraction of sp³-hybridized carbons (Fsp3) is 0.833. The van der Waals surface area contributed by atoms with Crippen LogP contribution < -0.4 is 11.1 Å². The summed E-state index contributed by atoms with van der Waals surface area (Å²) in [7, 11) is 0. The number of nitrogens with one attached hydrogen (secondary N) is 1. The third-order valence-corrected chi connectivity index (χ3v) is 3.53. The fourth-order valence-corrected chi connectivity index (χ4v) is 2.28. The first-order valence-corrected chi connectivity index (χ1v) is 6.59. The fourth-order valence-electron chi connectivity index (χ4n) is 2.28. The highest BCUT2D eigenvalue weighted by Gasteiger charge is 2.23. The Hall–Kier alpha value is -1.30. The monoisotopic (exact) mass is 256 g/mol. The molecule has 1 amide bonds. The topological polar surface area (TPSA) is 91.0 Å². The van der Waals surface area contributed by atoms with Gasteiger partial charge in [0.05, 0.1) is 5.92 Å². The second-order valence-corrected chi connectivity index (χ2v) is 4.82. The van der Waals surface area contributed by atoms with Crippen LogP contribution in [-0.2, 0) is 4.79 Å². The van der Waals surface area contributed by atoms with Crippen molar-refractivity contribution < 1.29 is 10.0 Å². The maximum absolute atomic E-state index is 11.9. The van der Waals surface area contributed by atoms with Gasteiger partial charge in [-0.15, -0.1) is 0 Å². The highest BCUT2D eigenvalue weighted by molar-refractivity contribution is 6.01. The molecule has 6 heteroatoms. The largest absolute Gasteiger partial charge is 0.409 e. The molecule has 0 spiro atoms. The molecule has 4 N–H and O–H groups in total. The van der Waals surface area contributed by atoms with Gasteiger partial charge in [0.2, 0.25) is 5.91 Å². The summed E-state index contributed by atoms with van der Waals surface area (Å²) in [5.41, 5.74) is 5.49. The summed E-state index contributed by atoms with van der Waals surface area (Å²) in [6, 6.07) is 0.334. The van der Waals surface area contributed by atoms with Gasteiger partial charge >= 0.3 is 0 Å². The van der Waals surface area contributed by atoms with Gasteiger partial charge in [0.15, 0.2) is 5.84 Å². The molecule has 104 valence electrons. The van der Waals surface area contributed by atoms with Crippen LogP contribution in [0.1, 0.15) is 33.1 Å². The average Bonchev–Trinajstić information content (AvgIpc) is 2.90. The summed E-state index contributed by atoms with van der Waals surface area (Å²) in [5.74, 6) is -0.733. The van der Waals surface area contributed by atoms with Crippen LogP contribution >= 0.6 is 0 Å². The van der Waals surface area contributed by atoms with Gasteiger partial charge < -0.3 is 16.3 Å². The summed E-state index contributed by atoms with van der Waals surface area (Å²) in [6.07, 6.45) is 3.00. The van der Waals surface area contributed by atoms with Crippen molar-refractivity contribution in [3.8, 4) is 0 Å². The van der Waals surface area contributed by atoms with E-state index in [9.17, 15) is 4.79 Å². The SMILES string of the molecule is CCC(C(=O)NCC(C)N1CCCC1)C(N)=NO. The average molecular weight is 256 g/mol. The molecule has 2 atom stereocenters. The molecular weight excluding hydrogens is 232 g/mol. The van der Waals surface area contributed by atoms with Gasteiger partial charge in [0.25, 0.3) is 0 Å². The van der Waals surface area contributed by atoms with Crippen LogP contribution in [0.4, 0.5) is 0 Å². The van der Waals surface area contributed by atoms with Crippen molar-refractivity contribution >= 4 is 11.7 Å². The molecule has 0 aromatic heterocycles. The lowest BCUT2D eigenvalue weighted by atomic mass is 10.0. The number of hydrogen-bond acceptors (Lipinski definition) is 4. The number of nitrogens with zero attached hydrogens (tertiary/aromatic N) is 2. The molecule has 0 aromatic carbocycles. The third-order valence-electron chi connectivity index (χ3n) is 3.53. The Balaban J connectivity index is 2.39. The lowest BCUT2D eigenvalue weighted by Crippen LogP contribution is -2.45. The molecule has 1 fully saturated rings. The van der Waals surface area contributed by atoms with Crippen LogP contribution in [0.5, 0.6) is 0 Å². The van der Waals surface area contributed by atoms with E-state index < -0.39 is 5.92 Å². The zero-order valence-electron chi connectivity index (χ0n) is 11.2. The smallest absolute Gasteiger partial charge is 0.230 e. The Kier molecular flexibility index (Phi) is 5.91. The zero-order chi connectivity index (χ0) is 13.5. The van der Waals surface area contributed by atoms with E-state index in [2.05, 4.69) is 22.3 Å². The number of amidine groups is 1. The Morgan fingerprint density at radius 3 is 2.61 bits per heavy atom. The molecule has 1 aliphatic heterocycles. The second-order valence-electron chi connectivity index (χ2n) is 4.82. The molecular formula is C12H24N4O2. The number of rotatable bonds is 6. The summed E-state index contributed by atoms with van der Waals surface area (Å²) in [6.45, 7) is 6.76. The van der Waals surface area contributed by atoms with Crippen molar-refractivity contribution in [1.29, 1.82) is 0 Å². The predicted molar refractivity (Wildman–Crippen MR) is 70.5 cm³/mol. The van der Waals surface area contributed by atoms with Crippen LogP contribution in [0.15, 0.2) is 5.16 Å². The number of oxime groups is 1. The van der Waals surface area contributed by atoms with Gasteiger partial charge in [-0.05, 0) is 39.3 Å². The molecule has 0 bridgehead atoms. The number of carbonyl (C=O) groups is 1. The van der Waals surface area contributed by atoms with Crippen molar-refractivity contribution in [2.24, 2.45) is 16.8 Å². The van der Waals surface area contributed by atoms with Crippen molar-refractivity contribution in [1.82, 2.24) is 10.2 Å². The van der Waals surface area contributed by atoms with Crippen molar-refractivity contribution in [2.75, 3.05) is 19.6 Å². The van der Waals surface area contributed by atoms with Gasteiger partial charge in [-0.2, -0.15) is 0 Å². The van der Waals surface area contributed by atoms with Crippen LogP contribution in [0.3, 0.4) is 0 Å². The minimum atomic E-state index is -0.541. The normalized spacial score (nSPS) is 20.7. The van der Waals surface area contributed by atoms with E-state index in [0.29, 0.717) is 19.0 Å². The number of likely N-dealkylation sites (tertiary alicyclic amines) is 1. The molecule has 6 nitrogen and oxygen atoms in total. The first kappa shape index (κ1) is 14.8. The maximum Gasteiger partial charge on any atom is 0.230 e. The predicted octanol–water partition coefficient (Wildman–Crippen LogP) is 0.360. The van der Waals surface area contributed by atoms with E-state index in [4.69, 9.17) is 10.9 Å². The molecule has 0 aromatic rings. The Labute approximate surface area is 108 Å². The van der Waals surface area contributed by atoms with E-state index in [-0.39, 0.29) is 11.7 Å². The summed E-state index contributed by atoms with van der Waals surface area (Å²) in [5, 5.41) is 14.4. The van der Waals surface area contributed by atoms with E-state index in [1.807, 2.05) is 6.92 Å². The van der Waals surface area contributed by atoms with E-state index in [1.165, 1.54) is 12.8 Å². The quantitative estimate of drug-likeness (QED) is 0.277. The Morgan fingerprint density at radius 2 is 2.11 bits per heavy atom. The van der Waals surface area contributed by atoms with Gasteiger partial charge in [0, 0.05) is 12.6 Å². The van der Waals surface area contributed by atoms with Crippen molar-refractivity contribution in [2.45, 2.75) is 39.2 Å². The lowest BCUT2D eigenvalue weighted by molar-refractivity contribution is -0.123. The number of nitrogens with two attached hydrogens (primary N) is 1. The highest BCUT2D eigenvalue weighted by atomic mass is 16.4. The number of amides is 1. The van der Waals surface area contributed by atoms with Crippen LogP contribution in [0, 0.1) is 5.92 Å². The van der Waals surface area contributed by atoms with Crippen molar-refractivity contribution in [3.05, 3.63) is 0 Å². The summed E-state index contributed by atoms with van der Waals surface area (Å²) >= 11 is 0. The van der Waals surface area contributed by atoms with Gasteiger partial charge in [0.1, 0.15) is 0 Å². The Bertz CT molecular complexity index is 300. The van der Waals surface area contributed by atoms with Crippen molar-refractivity contribution in [3.63, 3.8) is 0 Å². The number of hydrogen-bond donors (Lipinski definition) is 3. The minimum absolute atomic E-state index is 0.0242. The summed E-state index contributed by atoms with van der Waals surface area (Å²) < 4.78 is 0. The second kappa shape index (κ2) is 7.20. The molecule has 1 aliphatic rings. The first-order valence-electron chi connectivity index (χ1n) is 6.59. The Morgan fingerprint density at radius 1 is 1.50 bits per heavy atom. The van der Waals surface area contributed by atoms with Gasteiger partial charge in [-0.1, -0.05) is 12.1 Å². The first-order chi connectivity index (χ1) is 8.60. The summed E-state index contributed by atoms with van der Waals surface area (Å²) in [4.78, 5) is 14.3. The van der Waals surface area contributed by atoms with E-state index >= 15 is 0 Å². The molecule has 1 saturated heterocycles. The molecule has 18 heavy (non-hydrogen) atoms. The zero-order valence-corrected chi connectivity index (χ0v) is 11.2. The van der Waals surface area contributed by atoms with Gasteiger partial charge in [-0.25, -0.2) is 0 Å². The highest BCUT2D eigenvalue weighted by Crippen LogP contribution is 2.11. The molecule has 0 saturated carbocycles. The number of carbonyl (C=O) groups excluding carboxylic acids is 1. The van der Waals surface area contributed by atoms with E-state index in [1.54, 1.807) is 0 Å². The minimum Gasteiger partial charge on any atom is -0.409 e. The molecule has 0 aliphatic carbocycles. The molecule has 2 unspecified atom stereocenters. The lowest BCUT2D eigenvalue weighted by Gasteiger charge is -2.24. The third kappa shape index (κ3) is 3.87. The molecule has 0 radical (unpaired) electrons. The van der Waals surface area contributed by atoms with Gasteiger partial charge in [-0.3, -0.25) is 9.69 Å². The molecule has 1 heterocycles. The van der Waals surface area contributed by atoms with Crippen LogP contribution in [0.25, 0.3) is 0 Å². The van der Waals surface area contributed by atoms with Crippen LogP contribution in [0.2, 0.25) is 0 Å². The standard InChI is InChI=1S/C12H24N4O2/c1-3-10(11(13)15-18)12(17)14-8-9(2)16-6-4-5-7-16/h9-10,18H,3-8H2,1-2H3,(H2,13,15)(H,14,17). The van der Waals surface area contributed by atoms with Crippen LogP contribution in [-0.4, -0.2) is 47.5 Å². The van der Waals surface area contributed by atoms with E-state index in [0.717, 1.165) is 13.1 Å².